The number of hydrogen-bond donors (Lipinski definition) is 0. The maximum atomic E-state index is 13.2. The molecule has 0 aliphatic carbocycles. The van der Waals surface area contributed by atoms with Gasteiger partial charge in [-0.15, -0.1) is 0 Å². The van der Waals surface area contributed by atoms with E-state index in [0.29, 0.717) is 5.69 Å². The molecule has 1 amide bonds. The zero-order valence-electron chi connectivity index (χ0n) is 15.2. The van der Waals surface area contributed by atoms with Crippen molar-refractivity contribution in [2.24, 2.45) is 0 Å². The second-order valence-electron chi connectivity index (χ2n) is 6.63. The van der Waals surface area contributed by atoms with E-state index in [1.165, 1.54) is 36.3 Å². The van der Waals surface area contributed by atoms with E-state index in [-0.39, 0.29) is 23.3 Å². The lowest BCUT2D eigenvalue weighted by Gasteiger charge is -2.38. The van der Waals surface area contributed by atoms with E-state index < -0.39 is 16.8 Å². The molecular formula is C20H17N3O5. The van der Waals surface area contributed by atoms with Gasteiger partial charge < -0.3 is 9.64 Å². The fraction of sp³-hybridized carbons (Fsp3) is 0.200. The van der Waals surface area contributed by atoms with Crippen LogP contribution in [0.25, 0.3) is 0 Å². The van der Waals surface area contributed by atoms with Crippen LogP contribution >= 0.6 is 0 Å². The molecule has 0 bridgehead atoms. The van der Waals surface area contributed by atoms with Gasteiger partial charge in [-0.25, -0.2) is 4.79 Å². The fourth-order valence-corrected chi connectivity index (χ4v) is 3.89. The van der Waals surface area contributed by atoms with Crippen LogP contribution in [0.15, 0.2) is 60.2 Å². The van der Waals surface area contributed by atoms with Gasteiger partial charge in [-0.2, -0.15) is 0 Å². The minimum atomic E-state index is -0.709. The van der Waals surface area contributed by atoms with Gasteiger partial charge in [0.15, 0.2) is 0 Å². The molecule has 0 spiro atoms. The lowest BCUT2D eigenvalue weighted by Crippen LogP contribution is -2.48. The summed E-state index contributed by atoms with van der Waals surface area (Å²) in [5.41, 5.74) is 2.26. The molecule has 0 aromatic heterocycles. The number of carbonyl (C=O) groups is 2. The average Bonchev–Trinajstić information content (AvgIpc) is 2.99. The number of non-ortho nitro benzene ring substituents is 1. The molecule has 0 N–H and O–H groups in total. The molecule has 0 saturated heterocycles. The predicted molar refractivity (Wildman–Crippen MR) is 102 cm³/mol. The summed E-state index contributed by atoms with van der Waals surface area (Å²) in [7, 11) is 3.13. The molecule has 2 heterocycles. The van der Waals surface area contributed by atoms with Gasteiger partial charge in [0.1, 0.15) is 5.57 Å². The second kappa shape index (κ2) is 6.49. The van der Waals surface area contributed by atoms with Gasteiger partial charge >= 0.3 is 5.97 Å². The van der Waals surface area contributed by atoms with E-state index in [2.05, 4.69) is 0 Å². The molecule has 2 unspecified atom stereocenters. The van der Waals surface area contributed by atoms with Gasteiger partial charge in [0.25, 0.3) is 11.6 Å². The van der Waals surface area contributed by atoms with Gasteiger partial charge in [0, 0.05) is 36.1 Å². The first-order chi connectivity index (χ1) is 13.4. The summed E-state index contributed by atoms with van der Waals surface area (Å²) in [4.78, 5) is 39.4. The third kappa shape index (κ3) is 2.53. The van der Waals surface area contributed by atoms with Crippen molar-refractivity contribution in [3.05, 3.63) is 75.9 Å². The van der Waals surface area contributed by atoms with Gasteiger partial charge in [0.2, 0.25) is 0 Å². The Hall–Kier alpha value is -3.68. The molecule has 142 valence electrons. The average molecular weight is 379 g/mol. The molecule has 2 aliphatic rings. The molecule has 0 fully saturated rings. The highest BCUT2D eigenvalue weighted by atomic mass is 16.6. The Morgan fingerprint density at radius 2 is 1.82 bits per heavy atom. The minimum absolute atomic E-state index is 0.0539. The van der Waals surface area contributed by atoms with Crippen LogP contribution in [0.3, 0.4) is 0 Å². The van der Waals surface area contributed by atoms with Crippen LogP contribution in [0, 0.1) is 10.1 Å². The molecule has 2 aliphatic heterocycles. The number of rotatable bonds is 3. The van der Waals surface area contributed by atoms with Crippen molar-refractivity contribution < 1.29 is 19.2 Å². The Balaban J connectivity index is 1.88. The zero-order valence-corrected chi connectivity index (χ0v) is 15.2. The van der Waals surface area contributed by atoms with Crippen molar-refractivity contribution in [2.75, 3.05) is 24.0 Å². The van der Waals surface area contributed by atoms with E-state index in [0.717, 1.165) is 11.3 Å². The third-order valence-corrected chi connectivity index (χ3v) is 5.21. The number of methoxy groups -OCH3 is 1. The molecule has 2 aromatic carbocycles. The number of likely N-dealkylation sites (N-methyl/N-ethyl adjacent to an activating group) is 1. The van der Waals surface area contributed by atoms with Gasteiger partial charge in [-0.3, -0.25) is 19.8 Å². The number of ether oxygens (including phenoxy) is 1. The van der Waals surface area contributed by atoms with E-state index in [4.69, 9.17) is 4.74 Å². The van der Waals surface area contributed by atoms with Crippen molar-refractivity contribution in [1.82, 2.24) is 0 Å². The first-order valence-electron chi connectivity index (χ1n) is 8.64. The Morgan fingerprint density at radius 1 is 1.14 bits per heavy atom. The third-order valence-electron chi connectivity index (χ3n) is 5.21. The number of para-hydroxylation sites is 1. The van der Waals surface area contributed by atoms with Crippen molar-refractivity contribution >= 4 is 28.9 Å². The van der Waals surface area contributed by atoms with Crippen LogP contribution in [0.1, 0.15) is 11.6 Å². The summed E-state index contributed by atoms with van der Waals surface area (Å²) < 4.78 is 4.79. The van der Waals surface area contributed by atoms with Gasteiger partial charge in [0.05, 0.1) is 24.1 Å². The first kappa shape index (κ1) is 17.7. The summed E-state index contributed by atoms with van der Waals surface area (Å²) >= 11 is 0. The minimum Gasteiger partial charge on any atom is -0.465 e. The Bertz CT molecular complexity index is 1010. The zero-order chi connectivity index (χ0) is 20.0. The molecule has 8 nitrogen and oxygen atoms in total. The number of esters is 1. The van der Waals surface area contributed by atoms with Crippen molar-refractivity contribution in [1.29, 1.82) is 0 Å². The summed E-state index contributed by atoms with van der Waals surface area (Å²) in [6.45, 7) is 0. The smallest absolute Gasteiger partial charge is 0.343 e. The number of nitro groups is 1. The summed E-state index contributed by atoms with van der Waals surface area (Å²) in [5, 5.41) is 11.0. The van der Waals surface area contributed by atoms with Crippen LogP contribution in [0.5, 0.6) is 0 Å². The highest BCUT2D eigenvalue weighted by molar-refractivity contribution is 6.23. The first-order valence-corrected chi connectivity index (χ1v) is 8.64. The van der Waals surface area contributed by atoms with E-state index in [1.807, 2.05) is 36.2 Å². The number of benzene rings is 2. The number of hydrogen-bond acceptors (Lipinski definition) is 6. The monoisotopic (exact) mass is 379 g/mol. The molecule has 8 heteroatoms. The quantitative estimate of drug-likeness (QED) is 0.352. The largest absolute Gasteiger partial charge is 0.465 e. The Labute approximate surface area is 160 Å². The van der Waals surface area contributed by atoms with Crippen LogP contribution in [-0.2, 0) is 14.3 Å². The van der Waals surface area contributed by atoms with E-state index >= 15 is 0 Å². The SMILES string of the molecule is COC(=O)C1=CC2C(c3ccccc3N2C)N(c2ccc([N+](=O)[O-])cc2)C1=O. The van der Waals surface area contributed by atoms with Crippen LogP contribution in [0.4, 0.5) is 17.1 Å². The number of carbonyl (C=O) groups excluding carboxylic acids is 2. The van der Waals surface area contributed by atoms with Crippen LogP contribution < -0.4 is 9.80 Å². The maximum Gasteiger partial charge on any atom is 0.343 e. The molecule has 28 heavy (non-hydrogen) atoms. The van der Waals surface area contributed by atoms with Crippen molar-refractivity contribution in [3.63, 3.8) is 0 Å². The molecule has 2 aromatic rings. The topological polar surface area (TPSA) is 93.0 Å². The predicted octanol–water partition coefficient (Wildman–Crippen LogP) is 2.60. The van der Waals surface area contributed by atoms with Gasteiger partial charge in [-0.05, 0) is 24.3 Å². The number of amides is 1. The van der Waals surface area contributed by atoms with Gasteiger partial charge in [-0.1, -0.05) is 18.2 Å². The lowest BCUT2D eigenvalue weighted by molar-refractivity contribution is -0.384. The molecular weight excluding hydrogens is 362 g/mol. The highest BCUT2D eigenvalue weighted by Gasteiger charge is 2.47. The standard InChI is InChI=1S/C20H17N3O5/c1-21-16-6-4-3-5-14(16)18-17(21)11-15(20(25)28-2)19(24)22(18)12-7-9-13(10-8-12)23(26)27/h3-11,17-18H,1-2H3. The highest BCUT2D eigenvalue weighted by Crippen LogP contribution is 2.47. The molecule has 2 atom stereocenters. The Kier molecular flexibility index (Phi) is 4.11. The normalized spacial score (nSPS) is 20.4. The van der Waals surface area contributed by atoms with E-state index in [9.17, 15) is 19.7 Å². The van der Waals surface area contributed by atoms with Crippen LogP contribution in [-0.4, -0.2) is 37.0 Å². The maximum absolute atomic E-state index is 13.2. The summed E-state index contributed by atoms with van der Waals surface area (Å²) in [6.07, 6.45) is 1.64. The molecule has 4 rings (SSSR count). The van der Waals surface area contributed by atoms with Crippen molar-refractivity contribution in [3.8, 4) is 0 Å². The second-order valence-corrected chi connectivity index (χ2v) is 6.63. The molecule has 0 saturated carbocycles. The molecule has 0 radical (unpaired) electrons. The number of anilines is 2. The number of nitro benzene ring substituents is 1. The summed E-state index contributed by atoms with van der Waals surface area (Å²) in [5.74, 6) is -1.20. The fourth-order valence-electron chi connectivity index (χ4n) is 3.89. The summed E-state index contributed by atoms with van der Waals surface area (Å²) in [6, 6.07) is 12.8. The van der Waals surface area contributed by atoms with E-state index in [1.54, 1.807) is 6.08 Å². The number of nitrogens with zero attached hydrogens (tertiary/aromatic N) is 3. The van der Waals surface area contributed by atoms with Crippen molar-refractivity contribution in [2.45, 2.75) is 12.1 Å². The number of fused-ring (bicyclic) bond motifs is 3. The lowest BCUT2D eigenvalue weighted by atomic mass is 9.93. The van der Waals surface area contributed by atoms with Crippen LogP contribution in [0.2, 0.25) is 0 Å². The Morgan fingerprint density at radius 3 is 2.46 bits per heavy atom.